The maximum atomic E-state index is 11.6. The van der Waals surface area contributed by atoms with Crippen LogP contribution in [0, 0.1) is 0 Å². The molecule has 5 nitrogen and oxygen atoms in total. The van der Waals surface area contributed by atoms with E-state index in [1.54, 1.807) is 30.3 Å². The molecule has 1 amide bonds. The van der Waals surface area contributed by atoms with Crippen molar-refractivity contribution in [1.82, 2.24) is 10.4 Å². The summed E-state index contributed by atoms with van der Waals surface area (Å²) in [6, 6.07) is 9.81. The van der Waals surface area contributed by atoms with Crippen LogP contribution in [-0.4, -0.2) is 22.2 Å². The molecule has 19 heavy (non-hydrogen) atoms. The largest absolute Gasteiger partial charge is 0.508 e. The Morgan fingerprint density at radius 2 is 2.21 bits per heavy atom. The first-order valence-electron chi connectivity index (χ1n) is 5.40. The van der Waals surface area contributed by atoms with E-state index in [0.717, 1.165) is 4.47 Å². The minimum Gasteiger partial charge on any atom is -0.508 e. The Morgan fingerprint density at radius 3 is 2.95 bits per heavy atom. The van der Waals surface area contributed by atoms with E-state index in [2.05, 4.69) is 31.4 Å². The average molecular weight is 320 g/mol. The van der Waals surface area contributed by atoms with Gasteiger partial charge in [-0.05, 0) is 30.3 Å². The number of aromatic nitrogens is 1. The Kier molecular flexibility index (Phi) is 4.25. The number of carbonyl (C=O) groups is 1. The number of aromatic hydroxyl groups is 1. The number of nitrogens with one attached hydrogen (secondary N) is 1. The van der Waals surface area contributed by atoms with Crippen LogP contribution in [0.5, 0.6) is 5.75 Å². The van der Waals surface area contributed by atoms with Gasteiger partial charge in [-0.15, -0.1) is 0 Å². The van der Waals surface area contributed by atoms with Crippen LogP contribution in [-0.2, 0) is 0 Å². The number of hydrogen-bond donors (Lipinski definition) is 2. The second-order valence-corrected chi connectivity index (χ2v) is 4.47. The second kappa shape index (κ2) is 6.10. The van der Waals surface area contributed by atoms with E-state index < -0.39 is 5.91 Å². The molecule has 0 aliphatic carbocycles. The van der Waals surface area contributed by atoms with E-state index in [9.17, 15) is 9.90 Å². The molecule has 0 spiro atoms. The zero-order valence-electron chi connectivity index (χ0n) is 9.75. The van der Waals surface area contributed by atoms with Crippen molar-refractivity contribution in [2.24, 2.45) is 5.10 Å². The number of benzene rings is 1. The summed E-state index contributed by atoms with van der Waals surface area (Å²) in [5.74, 6) is -0.270. The summed E-state index contributed by atoms with van der Waals surface area (Å²) in [5, 5.41) is 13.2. The van der Waals surface area contributed by atoms with Gasteiger partial charge in [-0.25, -0.2) is 5.43 Å². The summed E-state index contributed by atoms with van der Waals surface area (Å²) < 4.78 is 0.765. The van der Waals surface area contributed by atoms with Crippen LogP contribution in [0.25, 0.3) is 0 Å². The molecule has 0 radical (unpaired) electrons. The fourth-order valence-electron chi connectivity index (χ4n) is 1.34. The molecular formula is C13H10BrN3O2. The first-order chi connectivity index (χ1) is 9.16. The number of amides is 1. The van der Waals surface area contributed by atoms with E-state index >= 15 is 0 Å². The lowest BCUT2D eigenvalue weighted by molar-refractivity contribution is 0.0950. The summed E-state index contributed by atoms with van der Waals surface area (Å²) in [7, 11) is 0. The van der Waals surface area contributed by atoms with Crippen molar-refractivity contribution < 1.29 is 9.90 Å². The van der Waals surface area contributed by atoms with Crippen LogP contribution in [0.15, 0.2) is 52.2 Å². The predicted octanol–water partition coefficient (Wildman–Crippen LogP) is 2.31. The van der Waals surface area contributed by atoms with E-state index in [0.29, 0.717) is 5.56 Å². The zero-order valence-corrected chi connectivity index (χ0v) is 11.3. The topological polar surface area (TPSA) is 74.6 Å². The smallest absolute Gasteiger partial charge is 0.289 e. The number of phenols is 1. The molecule has 0 unspecified atom stereocenters. The van der Waals surface area contributed by atoms with Crippen LogP contribution in [0.4, 0.5) is 0 Å². The van der Waals surface area contributed by atoms with Crippen molar-refractivity contribution in [2.45, 2.75) is 0 Å². The van der Waals surface area contributed by atoms with Gasteiger partial charge in [-0.1, -0.05) is 22.0 Å². The molecule has 96 valence electrons. The maximum Gasteiger partial charge on any atom is 0.289 e. The normalized spacial score (nSPS) is 10.6. The molecule has 1 aromatic heterocycles. The standard InChI is InChI=1S/C13H10BrN3O2/c14-11-5-4-10(18)7-9(11)8-16-17-13(19)12-3-1-2-6-15-12/h1-8,18H,(H,17,19)/b16-8+. The van der Waals surface area contributed by atoms with Crippen LogP contribution in [0.1, 0.15) is 16.1 Å². The first kappa shape index (κ1) is 13.2. The highest BCUT2D eigenvalue weighted by molar-refractivity contribution is 9.10. The van der Waals surface area contributed by atoms with Gasteiger partial charge in [-0.3, -0.25) is 9.78 Å². The van der Waals surface area contributed by atoms with E-state index in [4.69, 9.17) is 0 Å². The number of carbonyl (C=O) groups excluding carboxylic acids is 1. The van der Waals surface area contributed by atoms with E-state index in [-0.39, 0.29) is 11.4 Å². The van der Waals surface area contributed by atoms with Crippen molar-refractivity contribution in [3.63, 3.8) is 0 Å². The van der Waals surface area contributed by atoms with Crippen molar-refractivity contribution >= 4 is 28.1 Å². The lowest BCUT2D eigenvalue weighted by Crippen LogP contribution is -2.18. The summed E-state index contributed by atoms with van der Waals surface area (Å²) in [6.07, 6.45) is 2.97. The van der Waals surface area contributed by atoms with E-state index in [1.807, 2.05) is 0 Å². The maximum absolute atomic E-state index is 11.6. The highest BCUT2D eigenvalue weighted by Gasteiger charge is 2.04. The Bertz CT molecular complexity index is 615. The average Bonchev–Trinajstić information content (AvgIpc) is 2.43. The minimum atomic E-state index is -0.395. The molecule has 0 saturated carbocycles. The summed E-state index contributed by atoms with van der Waals surface area (Å²) in [4.78, 5) is 15.5. The summed E-state index contributed by atoms with van der Waals surface area (Å²) in [6.45, 7) is 0. The third-order valence-electron chi connectivity index (χ3n) is 2.25. The SMILES string of the molecule is O=C(N/N=C/c1cc(O)ccc1Br)c1ccccn1. The Morgan fingerprint density at radius 1 is 1.37 bits per heavy atom. The molecule has 0 fully saturated rings. The Labute approximate surface area is 118 Å². The third kappa shape index (κ3) is 3.62. The first-order valence-corrected chi connectivity index (χ1v) is 6.19. The number of halogens is 1. The van der Waals surface area contributed by atoms with Gasteiger partial charge in [0.2, 0.25) is 0 Å². The van der Waals surface area contributed by atoms with Gasteiger partial charge in [0, 0.05) is 16.2 Å². The molecule has 0 atom stereocenters. The predicted molar refractivity (Wildman–Crippen MR) is 75.1 cm³/mol. The fraction of sp³-hybridized carbons (Fsp3) is 0. The highest BCUT2D eigenvalue weighted by Crippen LogP contribution is 2.19. The van der Waals surface area contributed by atoms with E-state index in [1.165, 1.54) is 18.5 Å². The van der Waals surface area contributed by atoms with Crippen LogP contribution < -0.4 is 5.43 Å². The summed E-state index contributed by atoms with van der Waals surface area (Å²) in [5.41, 5.74) is 3.30. The Hall–Kier alpha value is -2.21. The number of phenolic OH excluding ortho intramolecular Hbond substituents is 1. The highest BCUT2D eigenvalue weighted by atomic mass is 79.9. The van der Waals surface area contributed by atoms with Gasteiger partial charge in [0.25, 0.3) is 5.91 Å². The number of hydrogen-bond acceptors (Lipinski definition) is 4. The van der Waals surface area contributed by atoms with Crippen LogP contribution >= 0.6 is 15.9 Å². The molecular weight excluding hydrogens is 310 g/mol. The molecule has 1 aromatic carbocycles. The molecule has 0 aliphatic rings. The molecule has 2 aromatic rings. The molecule has 0 saturated heterocycles. The van der Waals surface area contributed by atoms with Gasteiger partial charge < -0.3 is 5.11 Å². The zero-order chi connectivity index (χ0) is 13.7. The molecule has 2 N–H and O–H groups in total. The van der Waals surface area contributed by atoms with Crippen LogP contribution in [0.3, 0.4) is 0 Å². The number of hydrazone groups is 1. The van der Waals surface area contributed by atoms with Crippen molar-refractivity contribution in [2.75, 3.05) is 0 Å². The van der Waals surface area contributed by atoms with Crippen molar-refractivity contribution in [3.8, 4) is 5.75 Å². The molecule has 0 bridgehead atoms. The van der Waals surface area contributed by atoms with Gasteiger partial charge in [0.15, 0.2) is 0 Å². The fourth-order valence-corrected chi connectivity index (χ4v) is 1.69. The summed E-state index contributed by atoms with van der Waals surface area (Å²) >= 11 is 3.32. The third-order valence-corrected chi connectivity index (χ3v) is 2.97. The van der Waals surface area contributed by atoms with Crippen LogP contribution in [0.2, 0.25) is 0 Å². The van der Waals surface area contributed by atoms with Gasteiger partial charge >= 0.3 is 0 Å². The number of rotatable bonds is 3. The second-order valence-electron chi connectivity index (χ2n) is 3.62. The molecule has 6 heteroatoms. The lowest BCUT2D eigenvalue weighted by atomic mass is 10.2. The minimum absolute atomic E-state index is 0.126. The molecule has 0 aliphatic heterocycles. The Balaban J connectivity index is 2.04. The van der Waals surface area contributed by atoms with Gasteiger partial charge in [0.1, 0.15) is 11.4 Å². The lowest BCUT2D eigenvalue weighted by Gasteiger charge is -2.00. The monoisotopic (exact) mass is 319 g/mol. The van der Waals surface area contributed by atoms with Gasteiger partial charge in [-0.2, -0.15) is 5.10 Å². The van der Waals surface area contributed by atoms with Crippen molar-refractivity contribution in [3.05, 3.63) is 58.3 Å². The quantitative estimate of drug-likeness (QED) is 0.673. The van der Waals surface area contributed by atoms with Gasteiger partial charge in [0.05, 0.1) is 6.21 Å². The molecule has 2 rings (SSSR count). The number of nitrogens with zero attached hydrogens (tertiary/aromatic N) is 2. The number of pyridine rings is 1. The van der Waals surface area contributed by atoms with Crippen molar-refractivity contribution in [1.29, 1.82) is 0 Å². The molecule has 1 heterocycles.